The van der Waals surface area contributed by atoms with Crippen LogP contribution in [0.3, 0.4) is 0 Å². The number of carboxylic acids is 4. The first kappa shape index (κ1) is 22.7. The van der Waals surface area contributed by atoms with Gasteiger partial charge in [-0.3, -0.25) is 9.59 Å². The Labute approximate surface area is 121 Å². The third-order valence-electron chi connectivity index (χ3n) is 1.31. The Balaban J connectivity index is -0.000000256. The normalized spacial score (nSPS) is 11.9. The molecule has 0 aliphatic carbocycles. The summed E-state index contributed by atoms with van der Waals surface area (Å²) in [5, 5.41) is 48.3. The van der Waals surface area contributed by atoms with Crippen molar-refractivity contribution < 1.29 is 71.5 Å². The maximum Gasteiger partial charge on any atom is 0.333 e. The third-order valence-corrected chi connectivity index (χ3v) is 1.31. The minimum atomic E-state index is -1.79. The van der Waals surface area contributed by atoms with Gasteiger partial charge in [0.15, 0.2) is 12.2 Å². The van der Waals surface area contributed by atoms with Gasteiger partial charge in [0, 0.05) is 21.7 Å². The molecular formula is C8H12O10Ti. The molecule has 0 rings (SSSR count). The maximum atomic E-state index is 9.72. The molecule has 0 amide bonds. The number of hydrogen-bond donors (Lipinski definition) is 6. The Morgan fingerprint density at radius 3 is 0.947 bits per heavy atom. The van der Waals surface area contributed by atoms with E-state index in [-0.39, 0.29) is 21.7 Å². The van der Waals surface area contributed by atoms with Crippen molar-refractivity contribution in [2.24, 2.45) is 0 Å². The van der Waals surface area contributed by atoms with Gasteiger partial charge >= 0.3 is 23.9 Å². The molecule has 6 N–H and O–H groups in total. The predicted octanol–water partition coefficient (Wildman–Crippen LogP) is -2.19. The molecule has 0 aromatic carbocycles. The second-order valence-corrected chi connectivity index (χ2v) is 2.90. The zero-order valence-electron chi connectivity index (χ0n) is 9.39. The van der Waals surface area contributed by atoms with Gasteiger partial charge in [0.2, 0.25) is 0 Å². The van der Waals surface area contributed by atoms with E-state index in [4.69, 9.17) is 30.6 Å². The molecule has 0 saturated heterocycles. The number of rotatable bonds is 6. The largest absolute Gasteiger partial charge is 0.481 e. The van der Waals surface area contributed by atoms with Gasteiger partial charge in [-0.1, -0.05) is 0 Å². The average Bonchev–Trinajstić information content (AvgIpc) is 2.16. The fraction of sp³-hybridized carbons (Fsp3) is 0.500. The molecule has 0 bridgehead atoms. The molecule has 11 heteroatoms. The molecular weight excluding hydrogens is 304 g/mol. The summed E-state index contributed by atoms with van der Waals surface area (Å²) >= 11 is 0. The first-order valence-electron chi connectivity index (χ1n) is 4.33. The van der Waals surface area contributed by atoms with Gasteiger partial charge in [-0.15, -0.1) is 0 Å². The summed E-state index contributed by atoms with van der Waals surface area (Å²) in [7, 11) is 0. The van der Waals surface area contributed by atoms with Crippen LogP contribution in [0.2, 0.25) is 0 Å². The summed E-state index contributed by atoms with van der Waals surface area (Å²) < 4.78 is 0. The number of carbonyl (C=O) groups is 4. The molecule has 0 aromatic rings. The van der Waals surface area contributed by atoms with Crippen LogP contribution in [0.25, 0.3) is 0 Å². The summed E-state index contributed by atoms with van der Waals surface area (Å²) in [4.78, 5) is 38.8. The number of carboxylic acid groups (broad SMARTS) is 4. The van der Waals surface area contributed by atoms with Crippen LogP contribution < -0.4 is 0 Å². The SMILES string of the molecule is O=C(O)CC(O)C(=O)O.O=C(O)CC(O)C(=O)O.[Ti]. The van der Waals surface area contributed by atoms with Gasteiger partial charge in [-0.2, -0.15) is 0 Å². The number of aliphatic carboxylic acids is 4. The number of aliphatic hydroxyl groups excluding tert-OH is 2. The smallest absolute Gasteiger partial charge is 0.333 e. The van der Waals surface area contributed by atoms with Crippen LogP contribution in [0, 0.1) is 0 Å². The molecule has 2 unspecified atom stereocenters. The summed E-state index contributed by atoms with van der Waals surface area (Å²) in [5.41, 5.74) is 0. The molecule has 0 heterocycles. The standard InChI is InChI=1S/2C4H6O5.Ti/c2*5-2(4(8)9)1-3(6)7;/h2*2,5H,1H2,(H,6,7)(H,8,9);. The number of aliphatic hydroxyl groups is 2. The van der Waals surface area contributed by atoms with Gasteiger partial charge in [0.1, 0.15) is 0 Å². The van der Waals surface area contributed by atoms with Gasteiger partial charge in [0.05, 0.1) is 12.8 Å². The topological polar surface area (TPSA) is 190 Å². The second-order valence-electron chi connectivity index (χ2n) is 2.90. The fourth-order valence-corrected chi connectivity index (χ4v) is 0.505. The van der Waals surface area contributed by atoms with Crippen molar-refractivity contribution in [3.05, 3.63) is 0 Å². The van der Waals surface area contributed by atoms with E-state index in [1.807, 2.05) is 0 Å². The Hall–Kier alpha value is -1.49. The van der Waals surface area contributed by atoms with Crippen molar-refractivity contribution in [1.29, 1.82) is 0 Å². The van der Waals surface area contributed by atoms with Crippen LogP contribution in [0.5, 0.6) is 0 Å². The van der Waals surface area contributed by atoms with Crippen molar-refractivity contribution in [2.45, 2.75) is 25.0 Å². The summed E-state index contributed by atoms with van der Waals surface area (Å²) in [6.45, 7) is 0. The third kappa shape index (κ3) is 16.5. The fourth-order valence-electron chi connectivity index (χ4n) is 0.505. The van der Waals surface area contributed by atoms with E-state index in [9.17, 15) is 19.2 Å². The van der Waals surface area contributed by atoms with Crippen LogP contribution in [0.4, 0.5) is 0 Å². The molecule has 0 saturated carbocycles. The Morgan fingerprint density at radius 1 is 0.684 bits per heavy atom. The van der Waals surface area contributed by atoms with Crippen molar-refractivity contribution in [3.63, 3.8) is 0 Å². The molecule has 0 aliphatic heterocycles. The van der Waals surface area contributed by atoms with Crippen LogP contribution in [-0.4, -0.2) is 66.7 Å². The van der Waals surface area contributed by atoms with E-state index < -0.39 is 48.9 Å². The van der Waals surface area contributed by atoms with Gasteiger partial charge in [-0.25, -0.2) is 9.59 Å². The van der Waals surface area contributed by atoms with E-state index in [1.165, 1.54) is 0 Å². The van der Waals surface area contributed by atoms with Crippen molar-refractivity contribution in [3.8, 4) is 0 Å². The van der Waals surface area contributed by atoms with E-state index in [2.05, 4.69) is 0 Å². The van der Waals surface area contributed by atoms with E-state index in [0.29, 0.717) is 0 Å². The van der Waals surface area contributed by atoms with Crippen LogP contribution in [0.1, 0.15) is 12.8 Å². The monoisotopic (exact) mass is 316 g/mol. The van der Waals surface area contributed by atoms with Crippen molar-refractivity contribution in [2.75, 3.05) is 0 Å². The van der Waals surface area contributed by atoms with Crippen LogP contribution in [0.15, 0.2) is 0 Å². The minimum Gasteiger partial charge on any atom is -0.481 e. The quantitative estimate of drug-likeness (QED) is 0.293. The molecule has 0 radical (unpaired) electrons. The van der Waals surface area contributed by atoms with Crippen LogP contribution >= 0.6 is 0 Å². The summed E-state index contributed by atoms with van der Waals surface area (Å²) in [6.07, 6.45) is -5.09. The zero-order valence-corrected chi connectivity index (χ0v) is 10.9. The Kier molecular flexibility index (Phi) is 13.8. The summed E-state index contributed by atoms with van der Waals surface area (Å²) in [6, 6.07) is 0. The molecule has 0 fully saturated rings. The molecule has 2 atom stereocenters. The first-order valence-corrected chi connectivity index (χ1v) is 4.33. The average molecular weight is 316 g/mol. The van der Waals surface area contributed by atoms with E-state index in [0.717, 1.165) is 0 Å². The molecule has 0 aromatic heterocycles. The maximum absolute atomic E-state index is 9.72. The molecule has 0 aliphatic rings. The van der Waals surface area contributed by atoms with Gasteiger partial charge in [0.25, 0.3) is 0 Å². The van der Waals surface area contributed by atoms with E-state index in [1.54, 1.807) is 0 Å². The Morgan fingerprint density at radius 2 is 0.895 bits per heavy atom. The second kappa shape index (κ2) is 11.6. The van der Waals surface area contributed by atoms with Gasteiger partial charge < -0.3 is 30.6 Å². The van der Waals surface area contributed by atoms with Crippen molar-refractivity contribution >= 4 is 23.9 Å². The Bertz CT molecular complexity index is 295. The van der Waals surface area contributed by atoms with Gasteiger partial charge in [-0.05, 0) is 0 Å². The summed E-state index contributed by atoms with van der Waals surface area (Å²) in [5.74, 6) is -5.69. The van der Waals surface area contributed by atoms with E-state index >= 15 is 0 Å². The number of hydrogen-bond acceptors (Lipinski definition) is 6. The molecule has 10 nitrogen and oxygen atoms in total. The first-order chi connectivity index (χ1) is 8.07. The zero-order chi connectivity index (χ0) is 14.9. The molecule has 108 valence electrons. The molecule has 19 heavy (non-hydrogen) atoms. The van der Waals surface area contributed by atoms with Crippen LogP contribution in [-0.2, 0) is 40.9 Å². The minimum absolute atomic E-state index is 0. The molecule has 0 spiro atoms. The predicted molar refractivity (Wildman–Crippen MR) is 51.8 cm³/mol. The van der Waals surface area contributed by atoms with Crippen molar-refractivity contribution in [1.82, 2.24) is 0 Å².